The fourth-order valence-electron chi connectivity index (χ4n) is 2.34. The van der Waals surface area contributed by atoms with E-state index >= 15 is 0 Å². The number of aromatic amines is 1. The van der Waals surface area contributed by atoms with Gasteiger partial charge in [-0.05, 0) is 24.3 Å². The standard InChI is InChI=1S/C16H11ClFN3O3/c17-11-4-2-1-3-9(11)14(16(23)24)19-15(22)13-10-7-8(18)5-6-12(10)20-21-13/h1-7,14H,(H,19,22)(H,20,21)(H,23,24). The SMILES string of the molecule is O=C(NC(C(=O)O)c1ccccc1Cl)c1n[nH]c2ccc(F)cc12. The second kappa shape index (κ2) is 6.29. The number of hydrogen-bond donors (Lipinski definition) is 3. The predicted molar refractivity (Wildman–Crippen MR) is 85.3 cm³/mol. The van der Waals surface area contributed by atoms with Crippen LogP contribution >= 0.6 is 11.6 Å². The Kier molecular flexibility index (Phi) is 4.18. The molecule has 122 valence electrons. The first-order valence-corrected chi connectivity index (χ1v) is 7.27. The summed E-state index contributed by atoms with van der Waals surface area (Å²) in [4.78, 5) is 23.9. The summed E-state index contributed by atoms with van der Waals surface area (Å²) >= 11 is 6.00. The van der Waals surface area contributed by atoms with Crippen LogP contribution in [0.15, 0.2) is 42.5 Å². The molecule has 0 radical (unpaired) electrons. The van der Waals surface area contributed by atoms with E-state index in [1.54, 1.807) is 12.1 Å². The number of rotatable bonds is 4. The molecule has 0 fully saturated rings. The molecule has 3 N–H and O–H groups in total. The molecule has 24 heavy (non-hydrogen) atoms. The number of benzene rings is 2. The zero-order valence-corrected chi connectivity index (χ0v) is 12.8. The summed E-state index contributed by atoms with van der Waals surface area (Å²) in [5.41, 5.74) is 0.611. The molecule has 1 atom stereocenters. The number of halogens is 2. The van der Waals surface area contributed by atoms with Crippen molar-refractivity contribution in [2.45, 2.75) is 6.04 Å². The van der Waals surface area contributed by atoms with Gasteiger partial charge in [-0.25, -0.2) is 9.18 Å². The largest absolute Gasteiger partial charge is 0.479 e. The Labute approximate surface area is 140 Å². The zero-order valence-electron chi connectivity index (χ0n) is 12.1. The summed E-state index contributed by atoms with van der Waals surface area (Å²) in [5, 5.41) is 18.7. The number of H-pyrrole nitrogens is 1. The molecule has 8 heteroatoms. The van der Waals surface area contributed by atoms with Crippen molar-refractivity contribution in [1.29, 1.82) is 0 Å². The number of carboxylic acids is 1. The van der Waals surface area contributed by atoms with Gasteiger partial charge in [0.1, 0.15) is 5.82 Å². The Bertz CT molecular complexity index is 941. The summed E-state index contributed by atoms with van der Waals surface area (Å²) in [6, 6.07) is 8.76. The van der Waals surface area contributed by atoms with Crippen LogP contribution in [-0.4, -0.2) is 27.2 Å². The van der Waals surface area contributed by atoms with Crippen LogP contribution < -0.4 is 5.32 Å². The van der Waals surface area contributed by atoms with Gasteiger partial charge in [-0.3, -0.25) is 9.89 Å². The van der Waals surface area contributed by atoms with E-state index in [2.05, 4.69) is 15.5 Å². The number of carbonyl (C=O) groups excluding carboxylic acids is 1. The Morgan fingerprint density at radius 2 is 2.00 bits per heavy atom. The fraction of sp³-hybridized carbons (Fsp3) is 0.0625. The molecule has 6 nitrogen and oxygen atoms in total. The molecule has 0 aliphatic carbocycles. The molecule has 0 aliphatic rings. The lowest BCUT2D eigenvalue weighted by Crippen LogP contribution is -2.34. The molecule has 0 saturated heterocycles. The highest BCUT2D eigenvalue weighted by molar-refractivity contribution is 6.31. The number of aromatic nitrogens is 2. The van der Waals surface area contributed by atoms with Gasteiger partial charge in [-0.15, -0.1) is 0 Å². The summed E-state index contributed by atoms with van der Waals surface area (Å²) in [5.74, 6) is -2.56. The number of aliphatic carboxylic acids is 1. The fourth-order valence-corrected chi connectivity index (χ4v) is 2.59. The lowest BCUT2D eigenvalue weighted by Gasteiger charge is -2.15. The molecule has 3 rings (SSSR count). The molecule has 1 unspecified atom stereocenters. The van der Waals surface area contributed by atoms with E-state index in [9.17, 15) is 19.1 Å². The van der Waals surface area contributed by atoms with Crippen molar-refractivity contribution in [1.82, 2.24) is 15.5 Å². The van der Waals surface area contributed by atoms with E-state index in [0.717, 1.165) is 6.07 Å². The van der Waals surface area contributed by atoms with Crippen molar-refractivity contribution in [2.75, 3.05) is 0 Å². The Hall–Kier alpha value is -2.93. The van der Waals surface area contributed by atoms with Crippen molar-refractivity contribution in [3.63, 3.8) is 0 Å². The first-order chi connectivity index (χ1) is 11.5. The van der Waals surface area contributed by atoms with Crippen LogP contribution in [0.3, 0.4) is 0 Å². The van der Waals surface area contributed by atoms with Gasteiger partial charge < -0.3 is 10.4 Å². The molecule has 0 spiro atoms. The number of carbonyl (C=O) groups is 2. The molecular formula is C16H11ClFN3O3. The van der Waals surface area contributed by atoms with Gasteiger partial charge >= 0.3 is 5.97 Å². The maximum atomic E-state index is 13.4. The lowest BCUT2D eigenvalue weighted by molar-refractivity contribution is -0.139. The van der Waals surface area contributed by atoms with E-state index in [1.807, 2.05) is 0 Å². The monoisotopic (exact) mass is 347 g/mol. The van der Waals surface area contributed by atoms with Crippen molar-refractivity contribution >= 4 is 34.4 Å². The minimum Gasteiger partial charge on any atom is -0.479 e. The molecule has 0 bridgehead atoms. The number of amides is 1. The van der Waals surface area contributed by atoms with Gasteiger partial charge in [0, 0.05) is 16.0 Å². The van der Waals surface area contributed by atoms with E-state index in [1.165, 1.54) is 24.3 Å². The third kappa shape index (κ3) is 2.93. The first-order valence-electron chi connectivity index (χ1n) is 6.89. The van der Waals surface area contributed by atoms with Gasteiger partial charge in [0.05, 0.1) is 5.52 Å². The maximum absolute atomic E-state index is 13.4. The van der Waals surface area contributed by atoms with E-state index < -0.39 is 23.7 Å². The van der Waals surface area contributed by atoms with Gasteiger partial charge in [-0.1, -0.05) is 29.8 Å². The van der Waals surface area contributed by atoms with Crippen LogP contribution in [0.4, 0.5) is 4.39 Å². The quantitative estimate of drug-likeness (QED) is 0.676. The minimum absolute atomic E-state index is 0.0946. The van der Waals surface area contributed by atoms with Crippen molar-refractivity contribution in [2.24, 2.45) is 0 Å². The van der Waals surface area contributed by atoms with Gasteiger partial charge in [0.15, 0.2) is 11.7 Å². The van der Waals surface area contributed by atoms with Crippen molar-refractivity contribution in [3.05, 3.63) is 64.6 Å². The molecule has 3 aromatic rings. The highest BCUT2D eigenvalue weighted by Gasteiger charge is 2.26. The van der Waals surface area contributed by atoms with Gasteiger partial charge in [-0.2, -0.15) is 5.10 Å². The number of nitrogens with one attached hydrogen (secondary N) is 2. The Morgan fingerprint density at radius 1 is 1.25 bits per heavy atom. The lowest BCUT2D eigenvalue weighted by atomic mass is 10.1. The Balaban J connectivity index is 1.95. The molecule has 2 aromatic carbocycles. The highest BCUT2D eigenvalue weighted by Crippen LogP contribution is 2.24. The second-order valence-corrected chi connectivity index (χ2v) is 5.44. The van der Waals surface area contributed by atoms with Crippen LogP contribution in [0, 0.1) is 5.82 Å². The summed E-state index contributed by atoms with van der Waals surface area (Å²) in [7, 11) is 0. The first kappa shape index (κ1) is 15.9. The maximum Gasteiger partial charge on any atom is 0.330 e. The summed E-state index contributed by atoms with van der Waals surface area (Å²) < 4.78 is 13.4. The van der Waals surface area contributed by atoms with E-state index in [0.29, 0.717) is 5.52 Å². The van der Waals surface area contributed by atoms with E-state index in [-0.39, 0.29) is 21.7 Å². The number of carboxylic acid groups (broad SMARTS) is 1. The van der Waals surface area contributed by atoms with Crippen LogP contribution in [0.5, 0.6) is 0 Å². The molecule has 1 aromatic heterocycles. The second-order valence-electron chi connectivity index (χ2n) is 5.03. The molecule has 0 aliphatic heterocycles. The van der Waals surface area contributed by atoms with Crippen LogP contribution in [0.2, 0.25) is 5.02 Å². The zero-order chi connectivity index (χ0) is 17.3. The number of nitrogens with zero attached hydrogens (tertiary/aromatic N) is 1. The predicted octanol–water partition coefficient (Wildman–Crippen LogP) is 2.91. The molecule has 1 amide bonds. The van der Waals surface area contributed by atoms with Crippen molar-refractivity contribution < 1.29 is 19.1 Å². The van der Waals surface area contributed by atoms with E-state index in [4.69, 9.17) is 11.6 Å². The normalized spacial score (nSPS) is 12.1. The third-order valence-electron chi connectivity index (χ3n) is 3.48. The van der Waals surface area contributed by atoms with Gasteiger partial charge in [0.25, 0.3) is 5.91 Å². The van der Waals surface area contributed by atoms with Crippen LogP contribution in [0.25, 0.3) is 10.9 Å². The molecule has 1 heterocycles. The van der Waals surface area contributed by atoms with Gasteiger partial charge in [0.2, 0.25) is 0 Å². The average Bonchev–Trinajstić information content (AvgIpc) is 2.96. The molecular weight excluding hydrogens is 337 g/mol. The Morgan fingerprint density at radius 3 is 2.71 bits per heavy atom. The van der Waals surface area contributed by atoms with Crippen LogP contribution in [0.1, 0.15) is 22.1 Å². The molecule has 0 saturated carbocycles. The summed E-state index contributed by atoms with van der Waals surface area (Å²) in [6.07, 6.45) is 0. The topological polar surface area (TPSA) is 95.1 Å². The average molecular weight is 348 g/mol. The summed E-state index contributed by atoms with van der Waals surface area (Å²) in [6.45, 7) is 0. The smallest absolute Gasteiger partial charge is 0.330 e. The highest BCUT2D eigenvalue weighted by atomic mass is 35.5. The number of fused-ring (bicyclic) bond motifs is 1. The number of hydrogen-bond acceptors (Lipinski definition) is 3. The third-order valence-corrected chi connectivity index (χ3v) is 3.82. The van der Waals surface area contributed by atoms with Crippen molar-refractivity contribution in [3.8, 4) is 0 Å². The minimum atomic E-state index is -1.36. The van der Waals surface area contributed by atoms with Crippen LogP contribution in [-0.2, 0) is 4.79 Å².